The molecule has 1 saturated carbocycles. The number of nitrogens with one attached hydrogen (secondary N) is 1. The Hall–Kier alpha value is -2.41. The Morgan fingerprint density at radius 2 is 2.15 bits per heavy atom. The lowest BCUT2D eigenvalue weighted by Crippen LogP contribution is -2.29. The van der Waals surface area contributed by atoms with Crippen molar-refractivity contribution in [1.29, 1.82) is 5.26 Å². The van der Waals surface area contributed by atoms with E-state index in [0.29, 0.717) is 29.1 Å². The van der Waals surface area contributed by atoms with Crippen molar-refractivity contribution in [3.05, 3.63) is 52.2 Å². The summed E-state index contributed by atoms with van der Waals surface area (Å²) in [5.41, 5.74) is 3.28. The van der Waals surface area contributed by atoms with Crippen molar-refractivity contribution in [1.82, 2.24) is 10.4 Å². The minimum absolute atomic E-state index is 0.226. The maximum absolute atomic E-state index is 13.2. The number of hydrogen-bond acceptors (Lipinski definition) is 6. The number of halogens is 4. The van der Waals surface area contributed by atoms with Crippen LogP contribution in [-0.2, 0) is 10.5 Å². The first-order valence-electron chi connectivity index (χ1n) is 9.73. The first-order valence-corrected chi connectivity index (χ1v) is 11.5. The summed E-state index contributed by atoms with van der Waals surface area (Å²) in [4.78, 5) is 16.2. The smallest absolute Gasteiger partial charge is 0.280 e. The number of carbonyl (C=O) groups excluding carboxylic acids is 1. The first kappa shape index (κ1) is 25.2. The molecule has 3 rings (SSSR count). The Morgan fingerprint density at radius 3 is 2.73 bits per heavy atom. The number of hydrazone groups is 1. The number of benzene rings is 1. The zero-order valence-corrected chi connectivity index (χ0v) is 20.3. The van der Waals surface area contributed by atoms with E-state index in [2.05, 4.69) is 15.5 Å². The van der Waals surface area contributed by atoms with E-state index in [4.69, 9.17) is 27.9 Å². The highest BCUT2D eigenvalue weighted by Crippen LogP contribution is 2.63. The van der Waals surface area contributed by atoms with Crippen LogP contribution in [0.15, 0.2) is 34.4 Å². The highest BCUT2D eigenvalue weighted by Gasteiger charge is 2.68. The number of ether oxygens (including phenoxy) is 1. The van der Waals surface area contributed by atoms with E-state index in [9.17, 15) is 18.8 Å². The van der Waals surface area contributed by atoms with E-state index in [-0.39, 0.29) is 22.2 Å². The quantitative estimate of drug-likeness (QED) is 0.217. The van der Waals surface area contributed by atoms with Crippen molar-refractivity contribution >= 4 is 47.1 Å². The SMILES string of the molecule is COc1ccc(/C=N/NC(=O)C2(C)CC2(Cl)Cl)cc1CSc1nc(C(F)F)cc(C)c1C#N. The molecule has 1 unspecified atom stereocenters. The van der Waals surface area contributed by atoms with Crippen molar-refractivity contribution in [3.8, 4) is 11.8 Å². The van der Waals surface area contributed by atoms with Gasteiger partial charge in [0.25, 0.3) is 6.43 Å². The van der Waals surface area contributed by atoms with Crippen molar-refractivity contribution in [2.45, 2.75) is 41.8 Å². The Morgan fingerprint density at radius 1 is 1.45 bits per heavy atom. The predicted molar refractivity (Wildman–Crippen MR) is 124 cm³/mol. The van der Waals surface area contributed by atoms with Crippen LogP contribution in [0, 0.1) is 23.7 Å². The Labute approximate surface area is 204 Å². The third-order valence-corrected chi connectivity index (χ3v) is 7.47. The minimum atomic E-state index is -2.74. The van der Waals surface area contributed by atoms with E-state index < -0.39 is 16.2 Å². The van der Waals surface area contributed by atoms with Gasteiger partial charge in [0.2, 0.25) is 5.91 Å². The van der Waals surface area contributed by atoms with Gasteiger partial charge in [-0.15, -0.1) is 35.0 Å². The van der Waals surface area contributed by atoms with Gasteiger partial charge in [0.05, 0.1) is 24.3 Å². The summed E-state index contributed by atoms with van der Waals surface area (Å²) < 4.78 is 30.6. The molecule has 0 bridgehead atoms. The maximum atomic E-state index is 13.2. The summed E-state index contributed by atoms with van der Waals surface area (Å²) in [6.45, 7) is 3.26. The molecule has 0 spiro atoms. The highest BCUT2D eigenvalue weighted by atomic mass is 35.5. The number of methoxy groups -OCH3 is 1. The average Bonchev–Trinajstić information content (AvgIpc) is 3.30. The molecule has 33 heavy (non-hydrogen) atoms. The van der Waals surface area contributed by atoms with E-state index in [0.717, 1.165) is 17.3 Å². The number of nitriles is 1. The lowest BCUT2D eigenvalue weighted by atomic mass is 10.1. The third-order valence-electron chi connectivity index (χ3n) is 5.35. The molecule has 1 amide bonds. The molecule has 0 radical (unpaired) electrons. The molecule has 1 aliphatic carbocycles. The van der Waals surface area contributed by atoms with Crippen molar-refractivity contribution in [2.75, 3.05) is 7.11 Å². The minimum Gasteiger partial charge on any atom is -0.496 e. The lowest BCUT2D eigenvalue weighted by Gasteiger charge is -2.12. The largest absolute Gasteiger partial charge is 0.496 e. The number of carbonyl (C=O) groups is 1. The molecule has 0 aliphatic heterocycles. The van der Waals surface area contributed by atoms with Gasteiger partial charge in [-0.05, 0) is 55.7 Å². The van der Waals surface area contributed by atoms with Gasteiger partial charge >= 0.3 is 0 Å². The maximum Gasteiger partial charge on any atom is 0.280 e. The molecular formula is C22H20Cl2F2N4O2S. The van der Waals surface area contributed by atoms with E-state index in [1.54, 1.807) is 32.0 Å². The number of pyridine rings is 1. The summed E-state index contributed by atoms with van der Waals surface area (Å²) in [5.74, 6) is 0.505. The van der Waals surface area contributed by atoms with Gasteiger partial charge in [-0.3, -0.25) is 4.79 Å². The van der Waals surface area contributed by atoms with Gasteiger partial charge in [-0.1, -0.05) is 0 Å². The van der Waals surface area contributed by atoms with Crippen molar-refractivity contribution in [2.24, 2.45) is 10.5 Å². The summed E-state index contributed by atoms with van der Waals surface area (Å²) in [5, 5.41) is 13.6. The summed E-state index contributed by atoms with van der Waals surface area (Å²) in [7, 11) is 1.51. The summed E-state index contributed by atoms with van der Waals surface area (Å²) >= 11 is 13.2. The zero-order chi connectivity index (χ0) is 24.4. The Balaban J connectivity index is 1.76. The van der Waals surface area contributed by atoms with Crippen LogP contribution in [-0.4, -0.2) is 28.5 Å². The Bertz CT molecular complexity index is 1150. The van der Waals surface area contributed by atoms with Crippen LogP contribution in [0.1, 0.15) is 47.7 Å². The number of aryl methyl sites for hydroxylation is 1. The molecule has 11 heteroatoms. The average molecular weight is 513 g/mol. The van der Waals surface area contributed by atoms with Crippen LogP contribution < -0.4 is 10.2 Å². The monoisotopic (exact) mass is 512 g/mol. The van der Waals surface area contributed by atoms with Crippen LogP contribution >= 0.6 is 35.0 Å². The predicted octanol–water partition coefficient (Wildman–Crippen LogP) is 5.53. The number of hydrogen-bond donors (Lipinski definition) is 1. The second kappa shape index (κ2) is 9.84. The van der Waals surface area contributed by atoms with E-state index >= 15 is 0 Å². The van der Waals surface area contributed by atoms with Gasteiger partial charge in [-0.2, -0.15) is 10.4 Å². The number of alkyl halides is 4. The van der Waals surface area contributed by atoms with Crippen LogP contribution in [0.25, 0.3) is 0 Å². The fourth-order valence-corrected chi connectivity index (χ4v) is 4.84. The molecule has 1 aromatic heterocycles. The molecule has 1 aromatic carbocycles. The molecule has 2 aromatic rings. The van der Waals surface area contributed by atoms with Gasteiger partial charge in [-0.25, -0.2) is 19.2 Å². The fourth-order valence-electron chi connectivity index (χ4n) is 3.09. The third kappa shape index (κ3) is 5.40. The van der Waals surface area contributed by atoms with Crippen LogP contribution in [0.2, 0.25) is 0 Å². The van der Waals surface area contributed by atoms with Crippen LogP contribution in [0.4, 0.5) is 8.78 Å². The van der Waals surface area contributed by atoms with E-state index in [1.807, 2.05) is 6.07 Å². The first-order chi connectivity index (χ1) is 15.5. The van der Waals surface area contributed by atoms with Crippen molar-refractivity contribution in [3.63, 3.8) is 0 Å². The molecule has 1 fully saturated rings. The van der Waals surface area contributed by atoms with Crippen LogP contribution in [0.3, 0.4) is 0 Å². The second-order valence-electron chi connectivity index (χ2n) is 7.73. The van der Waals surface area contributed by atoms with Crippen molar-refractivity contribution < 1.29 is 18.3 Å². The molecular weight excluding hydrogens is 493 g/mol. The molecule has 1 atom stereocenters. The zero-order valence-electron chi connectivity index (χ0n) is 18.0. The molecule has 0 saturated heterocycles. The lowest BCUT2D eigenvalue weighted by molar-refractivity contribution is -0.125. The summed E-state index contributed by atoms with van der Waals surface area (Å²) in [6.07, 6.45) is -0.929. The standard InChI is InChI=1S/C22H20Cl2F2N4O2S/c1-12-6-16(18(25)26)29-19(15(12)8-27)33-10-14-7-13(4-5-17(14)32-3)9-28-30-20(31)21(2)11-22(21,23)24/h4-7,9,18H,10-11H2,1-3H3,(H,30,31)/b28-9+. The highest BCUT2D eigenvalue weighted by molar-refractivity contribution is 7.98. The normalized spacial score (nSPS) is 18.9. The number of amides is 1. The van der Waals surface area contributed by atoms with Gasteiger partial charge in [0, 0.05) is 11.3 Å². The van der Waals surface area contributed by atoms with Gasteiger partial charge in [0.15, 0.2) is 0 Å². The van der Waals surface area contributed by atoms with E-state index in [1.165, 1.54) is 19.4 Å². The topological polar surface area (TPSA) is 87.4 Å². The Kier molecular flexibility index (Phi) is 7.52. The number of rotatable bonds is 8. The number of aromatic nitrogens is 1. The number of thioether (sulfide) groups is 1. The number of nitrogens with zero attached hydrogens (tertiary/aromatic N) is 3. The molecule has 1 aliphatic rings. The van der Waals surface area contributed by atoms with Gasteiger partial charge in [0.1, 0.15) is 26.9 Å². The summed E-state index contributed by atoms with van der Waals surface area (Å²) in [6, 6.07) is 8.50. The van der Waals surface area contributed by atoms with Crippen LogP contribution in [0.5, 0.6) is 5.75 Å². The molecule has 1 heterocycles. The second-order valence-corrected chi connectivity index (χ2v) is 10.2. The fraction of sp³-hybridized carbons (Fsp3) is 0.364. The molecule has 6 nitrogen and oxygen atoms in total. The van der Waals surface area contributed by atoms with Gasteiger partial charge < -0.3 is 4.74 Å². The molecule has 174 valence electrons. The molecule has 1 N–H and O–H groups in total.